The van der Waals surface area contributed by atoms with E-state index in [-0.39, 0.29) is 5.91 Å². The van der Waals surface area contributed by atoms with E-state index in [1.165, 1.54) is 0 Å². The third-order valence-electron chi connectivity index (χ3n) is 6.94. The number of likely N-dealkylation sites (N-methyl/N-ethyl adjacent to an activating group) is 1. The summed E-state index contributed by atoms with van der Waals surface area (Å²) < 4.78 is 0. The molecule has 0 bridgehead atoms. The van der Waals surface area contributed by atoms with Crippen molar-refractivity contribution < 1.29 is 14.7 Å². The van der Waals surface area contributed by atoms with E-state index in [1.54, 1.807) is 0 Å². The lowest BCUT2D eigenvalue weighted by molar-refractivity contribution is -0.130. The molecule has 0 aromatic heterocycles. The number of hydrogen-bond donors (Lipinski definition) is 3. The Labute approximate surface area is 209 Å². The van der Waals surface area contributed by atoms with Crippen LogP contribution in [0.1, 0.15) is 50.0 Å². The monoisotopic (exact) mass is 480 g/mol. The number of likely N-dealkylation sites (tertiary alicyclic amines) is 1. The Hall–Kier alpha value is -2.90. The fourth-order valence-electron chi connectivity index (χ4n) is 4.84. The minimum atomic E-state index is -1.04. The average Bonchev–Trinajstić information content (AvgIpc) is 2.87. The maximum absolute atomic E-state index is 12.4. The van der Waals surface area contributed by atoms with Crippen molar-refractivity contribution >= 4 is 17.7 Å². The summed E-state index contributed by atoms with van der Waals surface area (Å²) in [7, 11) is 3.86. The molecule has 7 nitrogen and oxygen atoms in total. The van der Waals surface area contributed by atoms with Gasteiger partial charge in [-0.05, 0) is 69.4 Å². The second-order valence-corrected chi connectivity index (χ2v) is 9.41. The van der Waals surface area contributed by atoms with Crippen molar-refractivity contribution in [3.63, 3.8) is 0 Å². The molecule has 0 spiro atoms. The van der Waals surface area contributed by atoms with Gasteiger partial charge in [-0.1, -0.05) is 55.0 Å². The number of rotatable bonds is 12. The standard InChI is InChI=1S/C28H40N4O3/c1-29-17-8-4-7-14-26(33)31(2)20-21-32-18-15-23(16-19-32)25-13-9-12-24(27(25)30-28(34)35)22-10-5-3-6-11-22/h3,5-6,9-13,23,29-30H,4,7-8,14-21H2,1-2H3,(H,34,35). The quantitative estimate of drug-likeness (QED) is 0.378. The molecule has 1 fully saturated rings. The van der Waals surface area contributed by atoms with Gasteiger partial charge in [0.15, 0.2) is 0 Å². The zero-order chi connectivity index (χ0) is 25.0. The van der Waals surface area contributed by atoms with Crippen molar-refractivity contribution in [3.8, 4) is 11.1 Å². The van der Waals surface area contributed by atoms with Crippen LogP contribution in [0.25, 0.3) is 11.1 Å². The van der Waals surface area contributed by atoms with E-state index >= 15 is 0 Å². The number of nitrogens with one attached hydrogen (secondary N) is 2. The number of piperidine rings is 1. The van der Waals surface area contributed by atoms with E-state index in [0.29, 0.717) is 18.0 Å². The lowest BCUT2D eigenvalue weighted by Crippen LogP contribution is -2.40. The Balaban J connectivity index is 1.54. The summed E-state index contributed by atoms with van der Waals surface area (Å²) in [6.07, 6.45) is 4.66. The number of carbonyl (C=O) groups is 2. The van der Waals surface area contributed by atoms with Gasteiger partial charge in [-0.3, -0.25) is 10.1 Å². The fourth-order valence-corrected chi connectivity index (χ4v) is 4.84. The lowest BCUT2D eigenvalue weighted by Gasteiger charge is -2.34. The normalized spacial score (nSPS) is 14.6. The third-order valence-corrected chi connectivity index (χ3v) is 6.94. The van der Waals surface area contributed by atoms with Crippen molar-refractivity contribution in [1.82, 2.24) is 15.1 Å². The Morgan fingerprint density at radius 3 is 2.46 bits per heavy atom. The summed E-state index contributed by atoms with van der Waals surface area (Å²) in [5, 5.41) is 15.3. The minimum Gasteiger partial charge on any atom is -0.465 e. The molecule has 2 amide bonds. The van der Waals surface area contributed by atoms with Gasteiger partial charge in [0, 0.05) is 32.1 Å². The van der Waals surface area contributed by atoms with Gasteiger partial charge in [0.2, 0.25) is 5.91 Å². The molecule has 1 heterocycles. The van der Waals surface area contributed by atoms with Crippen molar-refractivity contribution in [1.29, 1.82) is 0 Å². The van der Waals surface area contributed by atoms with Gasteiger partial charge in [-0.15, -0.1) is 0 Å². The van der Waals surface area contributed by atoms with Gasteiger partial charge >= 0.3 is 6.09 Å². The Bertz CT molecular complexity index is 942. The zero-order valence-electron chi connectivity index (χ0n) is 21.1. The van der Waals surface area contributed by atoms with Crippen LogP contribution in [0.15, 0.2) is 48.5 Å². The maximum Gasteiger partial charge on any atom is 0.409 e. The van der Waals surface area contributed by atoms with Crippen molar-refractivity contribution in [3.05, 3.63) is 54.1 Å². The van der Waals surface area contributed by atoms with Crippen LogP contribution in [-0.4, -0.2) is 73.7 Å². The number of para-hydroxylation sites is 1. The van der Waals surface area contributed by atoms with Crippen molar-refractivity contribution in [2.75, 3.05) is 52.1 Å². The molecule has 0 radical (unpaired) electrons. The molecule has 0 aliphatic carbocycles. The molecule has 0 unspecified atom stereocenters. The van der Waals surface area contributed by atoms with E-state index in [2.05, 4.69) is 21.6 Å². The number of hydrogen-bond acceptors (Lipinski definition) is 4. The molecule has 2 aromatic carbocycles. The number of carbonyl (C=O) groups excluding carboxylic acids is 1. The van der Waals surface area contributed by atoms with E-state index in [9.17, 15) is 14.7 Å². The number of nitrogens with zero attached hydrogens (tertiary/aromatic N) is 2. The van der Waals surface area contributed by atoms with Crippen LogP contribution in [0.5, 0.6) is 0 Å². The van der Waals surface area contributed by atoms with Gasteiger partial charge in [-0.25, -0.2) is 4.79 Å². The number of carboxylic acid groups (broad SMARTS) is 1. The molecule has 3 rings (SSSR count). The number of anilines is 1. The van der Waals surface area contributed by atoms with Crippen molar-refractivity contribution in [2.45, 2.75) is 44.4 Å². The smallest absolute Gasteiger partial charge is 0.409 e. The molecule has 1 saturated heterocycles. The van der Waals surface area contributed by atoms with Gasteiger partial charge in [0.1, 0.15) is 0 Å². The van der Waals surface area contributed by atoms with E-state index in [4.69, 9.17) is 0 Å². The molecule has 0 saturated carbocycles. The number of unbranched alkanes of at least 4 members (excludes halogenated alkanes) is 2. The highest BCUT2D eigenvalue weighted by molar-refractivity contribution is 5.92. The van der Waals surface area contributed by atoms with Crippen LogP contribution in [0, 0.1) is 0 Å². The summed E-state index contributed by atoms with van der Waals surface area (Å²) >= 11 is 0. The van der Waals surface area contributed by atoms with Crippen molar-refractivity contribution in [2.24, 2.45) is 0 Å². The molecule has 7 heteroatoms. The van der Waals surface area contributed by atoms with Crippen LogP contribution in [0.3, 0.4) is 0 Å². The predicted molar refractivity (Wildman–Crippen MR) is 142 cm³/mol. The highest BCUT2D eigenvalue weighted by Gasteiger charge is 2.25. The van der Waals surface area contributed by atoms with E-state index in [0.717, 1.165) is 81.5 Å². The second-order valence-electron chi connectivity index (χ2n) is 9.41. The average molecular weight is 481 g/mol. The molecule has 3 N–H and O–H groups in total. The lowest BCUT2D eigenvalue weighted by atomic mass is 9.86. The first-order valence-electron chi connectivity index (χ1n) is 12.8. The molecule has 1 aliphatic heterocycles. The molecule has 1 aliphatic rings. The first-order valence-corrected chi connectivity index (χ1v) is 12.8. The molecule has 35 heavy (non-hydrogen) atoms. The summed E-state index contributed by atoms with van der Waals surface area (Å²) in [6, 6.07) is 16.0. The van der Waals surface area contributed by atoms with Crippen LogP contribution in [0.4, 0.5) is 10.5 Å². The molecule has 0 atom stereocenters. The maximum atomic E-state index is 12.4. The molecular weight excluding hydrogens is 440 g/mol. The second kappa shape index (κ2) is 13.9. The Morgan fingerprint density at radius 1 is 1.03 bits per heavy atom. The summed E-state index contributed by atoms with van der Waals surface area (Å²) in [5.41, 5.74) is 3.69. The SMILES string of the molecule is CNCCCCCC(=O)N(C)CCN1CCC(c2cccc(-c3ccccc3)c2NC(=O)O)CC1. The summed E-state index contributed by atoms with van der Waals surface area (Å²) in [6.45, 7) is 4.51. The van der Waals surface area contributed by atoms with Gasteiger partial charge < -0.3 is 20.2 Å². The fraction of sp³-hybridized carbons (Fsp3) is 0.500. The highest BCUT2D eigenvalue weighted by Crippen LogP contribution is 2.38. The highest BCUT2D eigenvalue weighted by atomic mass is 16.4. The first kappa shape index (κ1) is 26.7. The molecule has 2 aromatic rings. The zero-order valence-corrected chi connectivity index (χ0v) is 21.1. The predicted octanol–water partition coefficient (Wildman–Crippen LogP) is 4.86. The molecular formula is C28H40N4O3. The Morgan fingerprint density at radius 2 is 1.77 bits per heavy atom. The minimum absolute atomic E-state index is 0.228. The number of benzene rings is 2. The summed E-state index contributed by atoms with van der Waals surface area (Å²) in [5.74, 6) is 0.528. The van der Waals surface area contributed by atoms with Crippen LogP contribution >= 0.6 is 0 Å². The van der Waals surface area contributed by atoms with Crippen LogP contribution < -0.4 is 10.6 Å². The van der Waals surface area contributed by atoms with Crippen LogP contribution in [-0.2, 0) is 4.79 Å². The largest absolute Gasteiger partial charge is 0.465 e. The van der Waals surface area contributed by atoms with E-state index < -0.39 is 6.09 Å². The van der Waals surface area contributed by atoms with Crippen LogP contribution in [0.2, 0.25) is 0 Å². The molecule has 190 valence electrons. The van der Waals surface area contributed by atoms with E-state index in [1.807, 2.05) is 61.5 Å². The number of amides is 2. The van der Waals surface area contributed by atoms with Gasteiger partial charge in [-0.2, -0.15) is 0 Å². The topological polar surface area (TPSA) is 84.9 Å². The third kappa shape index (κ3) is 8.08. The Kier molecular flexibility index (Phi) is 10.6. The van der Waals surface area contributed by atoms with Gasteiger partial charge in [0.05, 0.1) is 5.69 Å². The first-order chi connectivity index (χ1) is 17.0. The summed E-state index contributed by atoms with van der Waals surface area (Å²) in [4.78, 5) is 28.3. The van der Waals surface area contributed by atoms with Gasteiger partial charge in [0.25, 0.3) is 0 Å².